The van der Waals surface area contributed by atoms with Crippen LogP contribution in [0, 0.1) is 13.8 Å². The fourth-order valence-electron chi connectivity index (χ4n) is 2.57. The zero-order chi connectivity index (χ0) is 14.4. The number of aromatic nitrogens is 3. The lowest BCUT2D eigenvalue weighted by Gasteiger charge is -2.00. The van der Waals surface area contributed by atoms with Gasteiger partial charge in [-0.15, -0.1) is 0 Å². The van der Waals surface area contributed by atoms with Crippen molar-refractivity contribution in [2.24, 2.45) is 0 Å². The van der Waals surface area contributed by atoms with Gasteiger partial charge in [-0.05, 0) is 49.2 Å². The quantitative estimate of drug-likeness (QED) is 0.580. The van der Waals surface area contributed by atoms with Gasteiger partial charge in [0, 0.05) is 11.1 Å². The fourth-order valence-corrected chi connectivity index (χ4v) is 2.57. The molecule has 0 aliphatic carbocycles. The molecule has 0 unspecified atom stereocenters. The van der Waals surface area contributed by atoms with Crippen molar-refractivity contribution in [1.29, 1.82) is 0 Å². The van der Waals surface area contributed by atoms with Crippen LogP contribution in [0.5, 0.6) is 0 Å². The molecule has 0 atom stereocenters. The molecule has 5 nitrogen and oxygen atoms in total. The smallest absolute Gasteiger partial charge is 0.300 e. The minimum atomic E-state index is 0.501. The number of aryl methyl sites for hydroxylation is 2. The van der Waals surface area contributed by atoms with E-state index in [0.29, 0.717) is 6.01 Å². The molecule has 0 aliphatic heterocycles. The second-order valence-electron chi connectivity index (χ2n) is 5.25. The molecule has 2 heterocycles. The van der Waals surface area contributed by atoms with Crippen LogP contribution in [0.25, 0.3) is 22.0 Å². The van der Waals surface area contributed by atoms with Gasteiger partial charge in [-0.2, -0.15) is 10.1 Å². The van der Waals surface area contributed by atoms with Crippen molar-refractivity contribution in [2.45, 2.75) is 13.8 Å². The maximum absolute atomic E-state index is 5.81. The summed E-state index contributed by atoms with van der Waals surface area (Å²) in [5, 5.41) is 11.2. The van der Waals surface area contributed by atoms with Gasteiger partial charge >= 0.3 is 0 Å². The third-order valence-electron chi connectivity index (χ3n) is 3.51. The molecule has 2 N–H and O–H groups in total. The Hall–Kier alpha value is -2.82. The molecule has 0 bridgehead atoms. The zero-order valence-electron chi connectivity index (χ0n) is 11.8. The molecule has 2 aromatic carbocycles. The number of anilines is 2. The minimum Gasteiger partial charge on any atom is -0.423 e. The standard InChI is InChI=1S/C16H14N4O/c1-9-5-10(2)15-14(6-9)19-16(21-15)18-12-3-4-13-11(7-12)8-17-20-13/h3-8H,1-2H3,(H,17,20)(H,18,19). The van der Waals surface area contributed by atoms with Crippen LogP contribution < -0.4 is 5.32 Å². The number of rotatable bonds is 2. The Labute approximate surface area is 121 Å². The van der Waals surface area contributed by atoms with Crippen LogP contribution >= 0.6 is 0 Å². The monoisotopic (exact) mass is 278 g/mol. The Kier molecular flexibility index (Phi) is 2.47. The molecule has 21 heavy (non-hydrogen) atoms. The molecule has 5 heteroatoms. The van der Waals surface area contributed by atoms with E-state index in [4.69, 9.17) is 4.42 Å². The van der Waals surface area contributed by atoms with E-state index in [9.17, 15) is 0 Å². The maximum atomic E-state index is 5.81. The van der Waals surface area contributed by atoms with E-state index in [0.717, 1.165) is 33.3 Å². The predicted molar refractivity (Wildman–Crippen MR) is 82.9 cm³/mol. The van der Waals surface area contributed by atoms with Gasteiger partial charge in [0.15, 0.2) is 5.58 Å². The average molecular weight is 278 g/mol. The molecular weight excluding hydrogens is 264 g/mol. The molecule has 4 aromatic rings. The van der Waals surface area contributed by atoms with Crippen LogP contribution in [-0.4, -0.2) is 15.2 Å². The average Bonchev–Trinajstić information content (AvgIpc) is 3.04. The molecule has 0 aliphatic rings. The number of hydrogen-bond donors (Lipinski definition) is 2. The molecule has 104 valence electrons. The van der Waals surface area contributed by atoms with Crippen molar-refractivity contribution in [3.05, 3.63) is 47.7 Å². The second kappa shape index (κ2) is 4.34. The molecule has 4 rings (SSSR count). The summed E-state index contributed by atoms with van der Waals surface area (Å²) < 4.78 is 5.81. The van der Waals surface area contributed by atoms with E-state index in [2.05, 4.69) is 33.5 Å². The van der Waals surface area contributed by atoms with Crippen molar-refractivity contribution >= 4 is 33.7 Å². The predicted octanol–water partition coefficient (Wildman–Crippen LogP) is 4.06. The van der Waals surface area contributed by atoms with Crippen LogP contribution in [-0.2, 0) is 0 Å². The highest BCUT2D eigenvalue weighted by Gasteiger charge is 2.09. The van der Waals surface area contributed by atoms with Gasteiger partial charge in [-0.3, -0.25) is 5.10 Å². The molecule has 0 fully saturated rings. The summed E-state index contributed by atoms with van der Waals surface area (Å²) in [7, 11) is 0. The SMILES string of the molecule is Cc1cc(C)c2oc(Nc3ccc4[nH]ncc4c3)nc2c1. The van der Waals surface area contributed by atoms with E-state index in [1.165, 1.54) is 5.56 Å². The second-order valence-corrected chi connectivity index (χ2v) is 5.25. The summed E-state index contributed by atoms with van der Waals surface area (Å²) in [5.41, 5.74) is 5.90. The van der Waals surface area contributed by atoms with Crippen molar-refractivity contribution < 1.29 is 4.42 Å². The molecule has 0 saturated heterocycles. The molecule has 0 amide bonds. The molecule has 0 saturated carbocycles. The first kappa shape index (κ1) is 12.0. The number of oxazole rings is 1. The van der Waals surface area contributed by atoms with E-state index >= 15 is 0 Å². The summed E-state index contributed by atoms with van der Waals surface area (Å²) in [4.78, 5) is 4.50. The summed E-state index contributed by atoms with van der Waals surface area (Å²) in [6.07, 6.45) is 1.79. The van der Waals surface area contributed by atoms with E-state index in [1.54, 1.807) is 6.20 Å². The van der Waals surface area contributed by atoms with Gasteiger partial charge in [-0.25, -0.2) is 0 Å². The number of nitrogens with zero attached hydrogens (tertiary/aromatic N) is 2. The highest BCUT2D eigenvalue weighted by Crippen LogP contribution is 2.26. The van der Waals surface area contributed by atoms with Crippen molar-refractivity contribution in [3.63, 3.8) is 0 Å². The number of benzene rings is 2. The maximum Gasteiger partial charge on any atom is 0.300 e. The molecule has 2 aromatic heterocycles. The third kappa shape index (κ3) is 2.03. The van der Waals surface area contributed by atoms with Crippen LogP contribution in [0.4, 0.5) is 11.7 Å². The van der Waals surface area contributed by atoms with Gasteiger partial charge in [0.05, 0.1) is 11.7 Å². The topological polar surface area (TPSA) is 66.7 Å². The number of hydrogen-bond acceptors (Lipinski definition) is 4. The summed E-state index contributed by atoms with van der Waals surface area (Å²) >= 11 is 0. The Morgan fingerprint density at radius 3 is 2.95 bits per heavy atom. The first-order valence-electron chi connectivity index (χ1n) is 6.77. The van der Waals surface area contributed by atoms with Crippen LogP contribution in [0.3, 0.4) is 0 Å². The van der Waals surface area contributed by atoms with Crippen LogP contribution in [0.2, 0.25) is 0 Å². The van der Waals surface area contributed by atoms with Crippen molar-refractivity contribution in [3.8, 4) is 0 Å². The first-order valence-corrected chi connectivity index (χ1v) is 6.77. The van der Waals surface area contributed by atoms with Crippen molar-refractivity contribution in [2.75, 3.05) is 5.32 Å². The lowest BCUT2D eigenvalue weighted by Crippen LogP contribution is -1.89. The van der Waals surface area contributed by atoms with E-state index in [1.807, 2.05) is 31.2 Å². The normalized spacial score (nSPS) is 11.3. The number of aromatic amines is 1. The number of nitrogens with one attached hydrogen (secondary N) is 2. The lowest BCUT2D eigenvalue weighted by atomic mass is 10.1. The Balaban J connectivity index is 1.74. The molecular formula is C16H14N4O. The molecule has 0 spiro atoms. The first-order chi connectivity index (χ1) is 10.2. The Bertz CT molecular complexity index is 951. The lowest BCUT2D eigenvalue weighted by molar-refractivity contribution is 0.620. The largest absolute Gasteiger partial charge is 0.423 e. The van der Waals surface area contributed by atoms with Crippen LogP contribution in [0.1, 0.15) is 11.1 Å². The third-order valence-corrected chi connectivity index (χ3v) is 3.51. The van der Waals surface area contributed by atoms with E-state index in [-0.39, 0.29) is 0 Å². The fraction of sp³-hybridized carbons (Fsp3) is 0.125. The van der Waals surface area contributed by atoms with Crippen LogP contribution in [0.15, 0.2) is 40.9 Å². The van der Waals surface area contributed by atoms with Crippen molar-refractivity contribution in [1.82, 2.24) is 15.2 Å². The Morgan fingerprint density at radius 2 is 2.05 bits per heavy atom. The van der Waals surface area contributed by atoms with Gasteiger partial charge in [-0.1, -0.05) is 6.07 Å². The Morgan fingerprint density at radius 1 is 1.14 bits per heavy atom. The van der Waals surface area contributed by atoms with Gasteiger partial charge < -0.3 is 9.73 Å². The summed E-state index contributed by atoms with van der Waals surface area (Å²) in [5.74, 6) is 0. The zero-order valence-corrected chi connectivity index (χ0v) is 11.8. The number of H-pyrrole nitrogens is 1. The number of fused-ring (bicyclic) bond motifs is 2. The van der Waals surface area contributed by atoms with E-state index < -0.39 is 0 Å². The molecule has 0 radical (unpaired) electrons. The highest BCUT2D eigenvalue weighted by molar-refractivity contribution is 5.83. The summed E-state index contributed by atoms with van der Waals surface area (Å²) in [6, 6.07) is 10.6. The van der Waals surface area contributed by atoms with Gasteiger partial charge in [0.1, 0.15) is 5.52 Å². The highest BCUT2D eigenvalue weighted by atomic mass is 16.4. The summed E-state index contributed by atoms with van der Waals surface area (Å²) in [6.45, 7) is 4.09. The van der Waals surface area contributed by atoms with Gasteiger partial charge in [0.2, 0.25) is 0 Å². The van der Waals surface area contributed by atoms with Gasteiger partial charge in [0.25, 0.3) is 6.01 Å². The minimum absolute atomic E-state index is 0.501.